The standard InChI is InChI=1S/C35H48N6O5S/c1-6-33(4)17-26(34(5)21(2)7-12-35(22(3)30(33)45)13-8-25(42)29(34)35)46-28(44)19-47-23-9-14-40(15-10-23)27(43)11-16-41-20-38-24-18-37-32(36)39-31(24)41/h6,11,16,18,20-23,26,29-30,45H,1,7-10,12-15,17,19H2,2-5H3,(H2,36,37,39)/b16-11+/t21-,22+,26-,29-,30+,33-,34+,35+/m1/s1. The van der Waals surface area contributed by atoms with Crippen molar-refractivity contribution in [1.82, 2.24) is 24.4 Å². The first kappa shape index (κ1) is 33.6. The highest BCUT2D eigenvalue weighted by Crippen LogP contribution is 2.68. The van der Waals surface area contributed by atoms with Gasteiger partial charge in [0.2, 0.25) is 11.9 Å². The number of nitrogens with zero attached hydrogens (tertiary/aromatic N) is 5. The summed E-state index contributed by atoms with van der Waals surface area (Å²) in [6.07, 6.45) is 12.0. The average molecular weight is 665 g/mol. The summed E-state index contributed by atoms with van der Waals surface area (Å²) in [5.74, 6) is 0.0964. The number of anilines is 1. The van der Waals surface area contributed by atoms with Gasteiger partial charge in [-0.3, -0.25) is 19.0 Å². The second-order valence-corrected chi connectivity index (χ2v) is 16.1. The molecule has 2 bridgehead atoms. The van der Waals surface area contributed by atoms with E-state index in [1.807, 2.05) is 13.0 Å². The van der Waals surface area contributed by atoms with Crippen LogP contribution in [0.4, 0.5) is 5.95 Å². The Balaban J connectivity index is 1.08. The second kappa shape index (κ2) is 12.7. The number of aromatic nitrogens is 4. The van der Waals surface area contributed by atoms with E-state index >= 15 is 0 Å². The van der Waals surface area contributed by atoms with Gasteiger partial charge in [-0.15, -0.1) is 18.3 Å². The molecule has 0 aromatic carbocycles. The van der Waals surface area contributed by atoms with Crippen molar-refractivity contribution in [3.8, 4) is 0 Å². The third-order valence-corrected chi connectivity index (χ3v) is 13.8. The monoisotopic (exact) mass is 664 g/mol. The van der Waals surface area contributed by atoms with Crippen molar-refractivity contribution in [1.29, 1.82) is 0 Å². The number of thioether (sulfide) groups is 1. The Kier molecular flexibility index (Phi) is 9.06. The summed E-state index contributed by atoms with van der Waals surface area (Å²) in [7, 11) is 0. The normalized spacial score (nSPS) is 36.2. The van der Waals surface area contributed by atoms with Crippen molar-refractivity contribution < 1.29 is 24.2 Å². The number of aliphatic hydroxyl groups is 1. The molecule has 1 amide bonds. The fourth-order valence-electron chi connectivity index (χ4n) is 9.32. The molecule has 0 spiro atoms. The molecule has 3 N–H and O–H groups in total. The summed E-state index contributed by atoms with van der Waals surface area (Å²) in [5, 5.41) is 12.0. The first-order chi connectivity index (χ1) is 22.3. The van der Waals surface area contributed by atoms with Gasteiger partial charge in [-0.25, -0.2) is 9.97 Å². The summed E-state index contributed by atoms with van der Waals surface area (Å²) in [4.78, 5) is 54.3. The number of imidazole rings is 1. The number of nitrogens with two attached hydrogens (primary N) is 1. The van der Waals surface area contributed by atoms with Crippen molar-refractivity contribution in [2.75, 3.05) is 24.6 Å². The van der Waals surface area contributed by atoms with Crippen LogP contribution in [0, 0.1) is 34.0 Å². The Hall–Kier alpha value is -3.25. The van der Waals surface area contributed by atoms with Gasteiger partial charge in [0.1, 0.15) is 23.7 Å². The number of esters is 1. The minimum absolute atomic E-state index is 0.0612. The third kappa shape index (κ3) is 5.79. The fraction of sp³-hybridized carbons (Fsp3) is 0.657. The van der Waals surface area contributed by atoms with Crippen LogP contribution in [0.2, 0.25) is 0 Å². The maximum absolute atomic E-state index is 13.6. The molecule has 3 saturated carbocycles. The summed E-state index contributed by atoms with van der Waals surface area (Å²) in [6, 6.07) is 0. The summed E-state index contributed by atoms with van der Waals surface area (Å²) in [6.45, 7) is 13.8. The van der Waals surface area contributed by atoms with E-state index in [9.17, 15) is 19.5 Å². The number of carbonyl (C=O) groups excluding carboxylic acids is 3. The number of fused-ring (bicyclic) bond motifs is 1. The number of carbonyl (C=O) groups is 3. The molecule has 3 heterocycles. The van der Waals surface area contributed by atoms with Crippen LogP contribution < -0.4 is 5.73 Å². The maximum atomic E-state index is 13.6. The van der Waals surface area contributed by atoms with Gasteiger partial charge in [0, 0.05) is 53.8 Å². The molecule has 3 aliphatic carbocycles. The highest BCUT2D eigenvalue weighted by molar-refractivity contribution is 8.00. The molecule has 4 fully saturated rings. The molecule has 254 valence electrons. The smallest absolute Gasteiger partial charge is 0.316 e. The van der Waals surface area contributed by atoms with Crippen molar-refractivity contribution in [2.45, 2.75) is 90.1 Å². The van der Waals surface area contributed by atoms with Gasteiger partial charge in [-0.2, -0.15) is 4.98 Å². The van der Waals surface area contributed by atoms with Crippen LogP contribution in [0.1, 0.15) is 72.6 Å². The predicted molar refractivity (Wildman–Crippen MR) is 182 cm³/mol. The lowest BCUT2D eigenvalue weighted by molar-refractivity contribution is -0.205. The molecule has 8 atom stereocenters. The lowest BCUT2D eigenvalue weighted by Crippen LogP contribution is -2.63. The van der Waals surface area contributed by atoms with Gasteiger partial charge in [0.15, 0.2) is 5.65 Å². The van der Waals surface area contributed by atoms with Crippen LogP contribution in [0.3, 0.4) is 0 Å². The lowest BCUT2D eigenvalue weighted by atomic mass is 9.44. The zero-order valence-electron chi connectivity index (χ0n) is 27.9. The number of ether oxygens (including phenoxy) is 1. The second-order valence-electron chi connectivity index (χ2n) is 14.8. The number of Topliss-reactive ketones (excluding diaryl/α,β-unsaturated/α-hetero) is 1. The van der Waals surface area contributed by atoms with Crippen LogP contribution in [0.5, 0.6) is 0 Å². The van der Waals surface area contributed by atoms with Crippen LogP contribution in [0.15, 0.2) is 31.3 Å². The Morgan fingerprint density at radius 3 is 2.66 bits per heavy atom. The number of aliphatic hydroxyl groups excluding tert-OH is 1. The summed E-state index contributed by atoms with van der Waals surface area (Å²) < 4.78 is 8.05. The number of hydrogen-bond acceptors (Lipinski definition) is 10. The van der Waals surface area contributed by atoms with Crippen LogP contribution in [-0.2, 0) is 19.1 Å². The van der Waals surface area contributed by atoms with Gasteiger partial charge in [0.25, 0.3) is 0 Å². The lowest BCUT2D eigenvalue weighted by Gasteiger charge is -2.61. The molecule has 2 aromatic rings. The molecule has 6 rings (SSSR count). The number of likely N-dealkylation sites (tertiary alicyclic amines) is 1. The number of nitrogen functional groups attached to an aromatic ring is 1. The van der Waals surface area contributed by atoms with Crippen molar-refractivity contribution in [3.63, 3.8) is 0 Å². The van der Waals surface area contributed by atoms with Crippen LogP contribution in [-0.4, -0.2) is 83.5 Å². The summed E-state index contributed by atoms with van der Waals surface area (Å²) in [5.41, 5.74) is 5.35. The SMILES string of the molecule is C=C[C@]1(C)C[C@@H](OC(=O)CSC2CCN(C(=O)/C=C/n3cnc4cnc(N)nc43)CC2)[C@]2(C)[C@H](C)CC[C@]3(CCC(=O)[C@@H]32)[C@@H](C)[C@@H]1O. The predicted octanol–water partition coefficient (Wildman–Crippen LogP) is 4.51. The van der Waals surface area contributed by atoms with E-state index in [0.717, 1.165) is 32.1 Å². The Labute approximate surface area is 280 Å². The number of rotatable bonds is 7. The van der Waals surface area contributed by atoms with E-state index < -0.39 is 23.0 Å². The molecular formula is C35H48N6O5S. The first-order valence-electron chi connectivity index (χ1n) is 16.9. The Morgan fingerprint density at radius 1 is 1.19 bits per heavy atom. The molecule has 2 aromatic heterocycles. The van der Waals surface area contributed by atoms with E-state index in [1.54, 1.807) is 40.0 Å². The first-order valence-corrected chi connectivity index (χ1v) is 17.9. The zero-order valence-corrected chi connectivity index (χ0v) is 28.7. The topological polar surface area (TPSA) is 154 Å². The third-order valence-electron chi connectivity index (χ3n) is 12.5. The molecule has 11 nitrogen and oxygen atoms in total. The molecule has 0 radical (unpaired) electrons. The van der Waals surface area contributed by atoms with Gasteiger partial charge < -0.3 is 20.5 Å². The van der Waals surface area contributed by atoms with E-state index in [4.69, 9.17) is 10.5 Å². The highest BCUT2D eigenvalue weighted by Gasteiger charge is 2.68. The molecular weight excluding hydrogens is 616 g/mol. The largest absolute Gasteiger partial charge is 0.461 e. The minimum atomic E-state index is -0.684. The fourth-order valence-corrected chi connectivity index (χ4v) is 10.3. The molecule has 0 unspecified atom stereocenters. The minimum Gasteiger partial charge on any atom is -0.461 e. The molecule has 12 heteroatoms. The zero-order chi connectivity index (χ0) is 33.7. The molecule has 1 aliphatic heterocycles. The average Bonchev–Trinajstić information content (AvgIpc) is 3.64. The van der Waals surface area contributed by atoms with Crippen LogP contribution >= 0.6 is 11.8 Å². The molecule has 47 heavy (non-hydrogen) atoms. The van der Waals surface area contributed by atoms with Crippen LogP contribution in [0.25, 0.3) is 17.4 Å². The van der Waals surface area contributed by atoms with Gasteiger partial charge in [0.05, 0.1) is 18.1 Å². The number of piperidine rings is 1. The van der Waals surface area contributed by atoms with E-state index in [2.05, 4.69) is 42.3 Å². The van der Waals surface area contributed by atoms with E-state index in [0.29, 0.717) is 37.1 Å². The maximum Gasteiger partial charge on any atom is 0.316 e. The van der Waals surface area contributed by atoms with Crippen molar-refractivity contribution in [3.05, 3.63) is 31.3 Å². The van der Waals surface area contributed by atoms with Gasteiger partial charge in [-0.05, 0) is 55.8 Å². The number of ketones is 1. The quantitative estimate of drug-likeness (QED) is 0.246. The van der Waals surface area contributed by atoms with E-state index in [1.165, 1.54) is 6.08 Å². The number of hydrogen-bond donors (Lipinski definition) is 2. The highest BCUT2D eigenvalue weighted by atomic mass is 32.2. The summed E-state index contributed by atoms with van der Waals surface area (Å²) >= 11 is 1.57. The van der Waals surface area contributed by atoms with Gasteiger partial charge >= 0.3 is 5.97 Å². The molecule has 4 aliphatic rings. The Bertz CT molecular complexity index is 1590. The van der Waals surface area contributed by atoms with Crippen molar-refractivity contribution >= 4 is 52.7 Å². The van der Waals surface area contributed by atoms with Crippen molar-refractivity contribution in [2.24, 2.45) is 34.0 Å². The molecule has 1 saturated heterocycles. The number of amides is 1. The van der Waals surface area contributed by atoms with E-state index in [-0.39, 0.29) is 57.8 Å². The Morgan fingerprint density at radius 2 is 1.94 bits per heavy atom. The van der Waals surface area contributed by atoms with Gasteiger partial charge in [-0.1, -0.05) is 33.8 Å².